The first-order valence-corrected chi connectivity index (χ1v) is 11.4. The molecular formula is C27H23N5O2. The van der Waals surface area contributed by atoms with Gasteiger partial charge in [0.1, 0.15) is 12.6 Å². The van der Waals surface area contributed by atoms with Crippen molar-refractivity contribution in [2.24, 2.45) is 0 Å². The highest BCUT2D eigenvalue weighted by atomic mass is 16.2. The van der Waals surface area contributed by atoms with Crippen molar-refractivity contribution in [3.05, 3.63) is 106 Å². The molecule has 1 N–H and O–H groups in total. The standard InChI is InChI=1S/C27H23N5O2/c1-17-18-8-2-3-10-21(18)27(34)32(30-17)16-24(33)31-15-13-20-19-9-4-5-11-22(19)29-25(20)26(31)23-12-6-7-14-28-23/h2-12,14,26,29H,13,15-16H2,1H3/t26-/m1/s1. The Hall–Kier alpha value is -4.26. The number of pyridine rings is 1. The number of aromatic amines is 1. The summed E-state index contributed by atoms with van der Waals surface area (Å²) in [5, 5.41) is 7.00. The maximum Gasteiger partial charge on any atom is 0.275 e. The summed E-state index contributed by atoms with van der Waals surface area (Å²) >= 11 is 0. The molecule has 5 aromatic rings. The summed E-state index contributed by atoms with van der Waals surface area (Å²) in [5.41, 5.74) is 4.50. The van der Waals surface area contributed by atoms with E-state index in [1.807, 2.05) is 60.4 Å². The van der Waals surface area contributed by atoms with Crippen LogP contribution in [0.5, 0.6) is 0 Å². The smallest absolute Gasteiger partial charge is 0.275 e. The molecule has 6 rings (SSSR count). The van der Waals surface area contributed by atoms with Crippen LogP contribution in [0.4, 0.5) is 0 Å². The van der Waals surface area contributed by atoms with Crippen LogP contribution >= 0.6 is 0 Å². The lowest BCUT2D eigenvalue weighted by Gasteiger charge is -2.35. The first kappa shape index (κ1) is 20.4. The number of carbonyl (C=O) groups is 1. The normalized spacial score (nSPS) is 15.6. The molecule has 34 heavy (non-hydrogen) atoms. The van der Waals surface area contributed by atoms with Gasteiger partial charge in [-0.15, -0.1) is 0 Å². The molecular weight excluding hydrogens is 426 g/mol. The number of hydrogen-bond acceptors (Lipinski definition) is 4. The third-order valence-corrected chi connectivity index (χ3v) is 6.66. The van der Waals surface area contributed by atoms with E-state index in [0.29, 0.717) is 11.9 Å². The van der Waals surface area contributed by atoms with Crippen LogP contribution in [0.15, 0.2) is 77.7 Å². The van der Waals surface area contributed by atoms with Gasteiger partial charge in [-0.1, -0.05) is 42.5 Å². The molecule has 0 fully saturated rings. The summed E-state index contributed by atoms with van der Waals surface area (Å²) in [6.07, 6.45) is 2.47. The molecule has 1 aliphatic heterocycles. The molecule has 168 valence electrons. The maximum atomic E-state index is 13.7. The molecule has 0 radical (unpaired) electrons. The molecule has 0 spiro atoms. The number of rotatable bonds is 3. The lowest BCUT2D eigenvalue weighted by molar-refractivity contribution is -0.134. The molecule has 2 aromatic carbocycles. The van der Waals surface area contributed by atoms with Gasteiger partial charge in [0.25, 0.3) is 5.56 Å². The molecule has 0 bridgehead atoms. The molecule has 1 aliphatic rings. The predicted octanol–water partition coefficient (Wildman–Crippen LogP) is 3.76. The molecule has 7 nitrogen and oxygen atoms in total. The van der Waals surface area contributed by atoms with Crippen molar-refractivity contribution in [1.29, 1.82) is 0 Å². The van der Waals surface area contributed by atoms with Crippen molar-refractivity contribution in [1.82, 2.24) is 24.6 Å². The number of aryl methyl sites for hydroxylation is 1. The molecule has 0 saturated heterocycles. The Bertz CT molecular complexity index is 1600. The van der Waals surface area contributed by atoms with Crippen molar-refractivity contribution >= 4 is 27.6 Å². The van der Waals surface area contributed by atoms with E-state index >= 15 is 0 Å². The van der Waals surface area contributed by atoms with Crippen LogP contribution in [0.2, 0.25) is 0 Å². The summed E-state index contributed by atoms with van der Waals surface area (Å²) in [6.45, 7) is 2.27. The van der Waals surface area contributed by atoms with Gasteiger partial charge >= 0.3 is 0 Å². The first-order valence-electron chi connectivity index (χ1n) is 11.4. The van der Waals surface area contributed by atoms with Gasteiger partial charge in [0, 0.05) is 34.7 Å². The SMILES string of the molecule is Cc1nn(CC(=O)N2CCc3c([nH]c4ccccc34)[C@H]2c2ccccn2)c(=O)c2ccccc12. The Morgan fingerprint density at radius 1 is 1.00 bits per heavy atom. The number of carbonyl (C=O) groups excluding carboxylic acids is 1. The van der Waals surface area contributed by atoms with Gasteiger partial charge in [-0.2, -0.15) is 5.10 Å². The minimum absolute atomic E-state index is 0.122. The molecule has 1 atom stereocenters. The fraction of sp³-hybridized carbons (Fsp3) is 0.185. The second-order valence-corrected chi connectivity index (χ2v) is 8.65. The molecule has 0 aliphatic carbocycles. The Morgan fingerprint density at radius 3 is 2.53 bits per heavy atom. The van der Waals surface area contributed by atoms with E-state index in [0.717, 1.165) is 34.4 Å². The topological polar surface area (TPSA) is 83.9 Å². The Kier molecular flexibility index (Phi) is 4.76. The Morgan fingerprint density at radius 2 is 1.74 bits per heavy atom. The van der Waals surface area contributed by atoms with Crippen molar-refractivity contribution < 1.29 is 4.79 Å². The largest absolute Gasteiger partial charge is 0.356 e. The van der Waals surface area contributed by atoms with Crippen LogP contribution in [-0.4, -0.2) is 37.1 Å². The number of H-pyrrole nitrogens is 1. The number of nitrogens with one attached hydrogen (secondary N) is 1. The molecule has 0 unspecified atom stereocenters. The fourth-order valence-corrected chi connectivity index (χ4v) is 5.09. The van der Waals surface area contributed by atoms with E-state index < -0.39 is 0 Å². The lowest BCUT2D eigenvalue weighted by atomic mass is 9.94. The van der Waals surface area contributed by atoms with Gasteiger partial charge in [-0.3, -0.25) is 14.6 Å². The van der Waals surface area contributed by atoms with Crippen molar-refractivity contribution in [3.63, 3.8) is 0 Å². The van der Waals surface area contributed by atoms with Gasteiger partial charge in [-0.05, 0) is 43.2 Å². The molecule has 1 amide bonds. The van der Waals surface area contributed by atoms with Crippen LogP contribution in [0, 0.1) is 6.92 Å². The van der Waals surface area contributed by atoms with Crippen LogP contribution in [0.25, 0.3) is 21.7 Å². The number of nitrogens with zero attached hydrogens (tertiary/aromatic N) is 4. The average Bonchev–Trinajstić information content (AvgIpc) is 3.26. The zero-order chi connectivity index (χ0) is 23.2. The average molecular weight is 450 g/mol. The molecule has 4 heterocycles. The zero-order valence-corrected chi connectivity index (χ0v) is 18.7. The minimum atomic E-state index is -0.359. The summed E-state index contributed by atoms with van der Waals surface area (Å²) in [4.78, 5) is 36.7. The zero-order valence-electron chi connectivity index (χ0n) is 18.7. The van der Waals surface area contributed by atoms with Crippen molar-refractivity contribution in [2.75, 3.05) is 6.54 Å². The number of aromatic nitrogens is 4. The van der Waals surface area contributed by atoms with Gasteiger partial charge in [-0.25, -0.2) is 4.68 Å². The first-order chi connectivity index (χ1) is 16.6. The second kappa shape index (κ2) is 7.95. The quantitative estimate of drug-likeness (QED) is 0.455. The fourth-order valence-electron chi connectivity index (χ4n) is 5.09. The minimum Gasteiger partial charge on any atom is -0.356 e. The maximum absolute atomic E-state index is 13.7. The number of hydrogen-bond donors (Lipinski definition) is 1. The van der Waals surface area contributed by atoms with E-state index in [1.165, 1.54) is 15.6 Å². The Balaban J connectivity index is 1.43. The highest BCUT2D eigenvalue weighted by molar-refractivity contribution is 5.87. The van der Waals surface area contributed by atoms with Crippen molar-refractivity contribution in [2.45, 2.75) is 25.9 Å². The molecule has 0 saturated carbocycles. The van der Waals surface area contributed by atoms with Crippen LogP contribution < -0.4 is 5.56 Å². The van der Waals surface area contributed by atoms with E-state index in [-0.39, 0.29) is 24.1 Å². The van der Waals surface area contributed by atoms with Crippen LogP contribution in [0.3, 0.4) is 0 Å². The van der Waals surface area contributed by atoms with Gasteiger partial charge in [0.05, 0.1) is 16.8 Å². The van der Waals surface area contributed by atoms with Gasteiger partial charge < -0.3 is 9.88 Å². The van der Waals surface area contributed by atoms with Gasteiger partial charge in [0.15, 0.2) is 0 Å². The van der Waals surface area contributed by atoms with Crippen LogP contribution in [0.1, 0.15) is 28.7 Å². The third-order valence-electron chi connectivity index (χ3n) is 6.66. The van der Waals surface area contributed by atoms with E-state index in [2.05, 4.69) is 27.2 Å². The highest BCUT2D eigenvalue weighted by Gasteiger charge is 2.35. The third kappa shape index (κ3) is 3.20. The van der Waals surface area contributed by atoms with Gasteiger partial charge in [0.2, 0.25) is 5.91 Å². The highest BCUT2D eigenvalue weighted by Crippen LogP contribution is 2.37. The van der Waals surface area contributed by atoms with E-state index in [4.69, 9.17) is 0 Å². The summed E-state index contributed by atoms with van der Waals surface area (Å²) in [7, 11) is 0. The number of benzene rings is 2. The monoisotopic (exact) mass is 449 g/mol. The number of fused-ring (bicyclic) bond motifs is 4. The summed E-state index contributed by atoms with van der Waals surface area (Å²) in [6, 6.07) is 20.9. The summed E-state index contributed by atoms with van der Waals surface area (Å²) in [5.74, 6) is -0.163. The van der Waals surface area contributed by atoms with E-state index in [1.54, 1.807) is 12.3 Å². The molecule has 3 aromatic heterocycles. The predicted molar refractivity (Wildman–Crippen MR) is 131 cm³/mol. The van der Waals surface area contributed by atoms with Crippen molar-refractivity contribution in [3.8, 4) is 0 Å². The van der Waals surface area contributed by atoms with Crippen LogP contribution in [-0.2, 0) is 17.8 Å². The lowest BCUT2D eigenvalue weighted by Crippen LogP contribution is -2.44. The molecule has 7 heteroatoms. The Labute approximate surface area is 195 Å². The van der Waals surface area contributed by atoms with E-state index in [9.17, 15) is 9.59 Å². The summed E-state index contributed by atoms with van der Waals surface area (Å²) < 4.78 is 1.29. The number of amides is 1. The number of para-hydroxylation sites is 1. The second-order valence-electron chi connectivity index (χ2n) is 8.65.